The number of amides is 1. The predicted octanol–water partition coefficient (Wildman–Crippen LogP) is 2.93. The largest absolute Gasteiger partial charge is 0.457 e. The average molecular weight is 388 g/mol. The lowest BCUT2D eigenvalue weighted by atomic mass is 10.2. The Kier molecular flexibility index (Phi) is 6.13. The Labute approximate surface area is 160 Å². The van der Waals surface area contributed by atoms with Gasteiger partial charge in [0.1, 0.15) is 11.5 Å². The van der Waals surface area contributed by atoms with E-state index in [2.05, 4.69) is 5.32 Å². The smallest absolute Gasteiger partial charge is 0.238 e. The lowest BCUT2D eigenvalue weighted by Crippen LogP contribution is -2.41. The Morgan fingerprint density at radius 3 is 2.37 bits per heavy atom. The summed E-state index contributed by atoms with van der Waals surface area (Å²) >= 11 is 0. The van der Waals surface area contributed by atoms with E-state index in [1.807, 2.05) is 42.2 Å². The van der Waals surface area contributed by atoms with Gasteiger partial charge in [0.2, 0.25) is 5.91 Å². The van der Waals surface area contributed by atoms with E-state index in [-0.39, 0.29) is 30.0 Å². The maximum atomic E-state index is 12.3. The molecule has 1 heterocycles. The molecule has 144 valence electrons. The fraction of sp³-hybridized carbons (Fsp3) is 0.350. The van der Waals surface area contributed by atoms with Gasteiger partial charge in [-0.25, -0.2) is 8.42 Å². The first kappa shape index (κ1) is 19.4. The van der Waals surface area contributed by atoms with E-state index in [1.165, 1.54) is 0 Å². The molecule has 7 heteroatoms. The highest BCUT2D eigenvalue weighted by atomic mass is 32.2. The van der Waals surface area contributed by atoms with Crippen LogP contribution in [0, 0.1) is 0 Å². The standard InChI is InChI=1S/C20H24N2O4S/c1-2-22(17-12-13-27(24,25)15-17)14-20(23)21-16-8-10-19(11-9-16)26-18-6-4-3-5-7-18/h3-11,17H,2,12-15H2,1H3,(H,21,23). The van der Waals surface area contributed by atoms with Crippen LogP contribution in [-0.4, -0.2) is 49.9 Å². The topological polar surface area (TPSA) is 75.7 Å². The van der Waals surface area contributed by atoms with Gasteiger partial charge in [-0.1, -0.05) is 25.1 Å². The number of nitrogens with zero attached hydrogens (tertiary/aromatic N) is 1. The lowest BCUT2D eigenvalue weighted by molar-refractivity contribution is -0.117. The van der Waals surface area contributed by atoms with Gasteiger partial charge in [-0.05, 0) is 49.4 Å². The number of anilines is 1. The molecular formula is C20H24N2O4S. The van der Waals surface area contributed by atoms with Crippen molar-refractivity contribution in [3.8, 4) is 11.5 Å². The van der Waals surface area contributed by atoms with E-state index in [4.69, 9.17) is 4.74 Å². The van der Waals surface area contributed by atoms with E-state index in [1.54, 1.807) is 24.3 Å². The summed E-state index contributed by atoms with van der Waals surface area (Å²) in [7, 11) is -2.96. The number of para-hydroxylation sites is 1. The van der Waals surface area contributed by atoms with E-state index in [0.717, 1.165) is 5.75 Å². The van der Waals surface area contributed by atoms with Gasteiger partial charge in [0.05, 0.1) is 18.1 Å². The molecule has 0 aliphatic carbocycles. The number of likely N-dealkylation sites (N-methyl/N-ethyl adjacent to an activating group) is 1. The van der Waals surface area contributed by atoms with Crippen molar-refractivity contribution < 1.29 is 17.9 Å². The zero-order valence-corrected chi connectivity index (χ0v) is 16.1. The van der Waals surface area contributed by atoms with Gasteiger partial charge in [0.25, 0.3) is 0 Å². The van der Waals surface area contributed by atoms with E-state index >= 15 is 0 Å². The molecule has 2 aromatic carbocycles. The molecule has 1 N–H and O–H groups in total. The van der Waals surface area contributed by atoms with Crippen LogP contribution in [0.15, 0.2) is 54.6 Å². The lowest BCUT2D eigenvalue weighted by Gasteiger charge is -2.25. The molecule has 2 aromatic rings. The van der Waals surface area contributed by atoms with Gasteiger partial charge in [0, 0.05) is 11.7 Å². The molecule has 1 unspecified atom stereocenters. The number of sulfone groups is 1. The second-order valence-electron chi connectivity index (χ2n) is 6.61. The Bertz CT molecular complexity index is 867. The number of hydrogen-bond donors (Lipinski definition) is 1. The zero-order valence-electron chi connectivity index (χ0n) is 15.3. The SMILES string of the molecule is CCN(CC(=O)Nc1ccc(Oc2ccccc2)cc1)C1CCS(=O)(=O)C1. The molecule has 1 atom stereocenters. The van der Waals surface area contributed by atoms with Crippen molar-refractivity contribution in [2.45, 2.75) is 19.4 Å². The van der Waals surface area contributed by atoms with Crippen LogP contribution < -0.4 is 10.1 Å². The first-order chi connectivity index (χ1) is 12.9. The summed E-state index contributed by atoms with van der Waals surface area (Å²) in [5, 5.41) is 2.86. The molecule has 0 spiro atoms. The fourth-order valence-electron chi connectivity index (χ4n) is 3.18. The van der Waals surface area contributed by atoms with Crippen molar-refractivity contribution >= 4 is 21.4 Å². The van der Waals surface area contributed by atoms with Gasteiger partial charge >= 0.3 is 0 Å². The Hall–Kier alpha value is -2.38. The summed E-state index contributed by atoms with van der Waals surface area (Å²) in [6.45, 7) is 2.75. The van der Waals surface area contributed by atoms with Crippen molar-refractivity contribution in [2.75, 3.05) is 29.9 Å². The molecule has 0 saturated carbocycles. The van der Waals surface area contributed by atoms with Crippen LogP contribution in [0.2, 0.25) is 0 Å². The number of benzene rings is 2. The number of nitrogens with one attached hydrogen (secondary N) is 1. The van der Waals surface area contributed by atoms with Gasteiger partial charge < -0.3 is 10.1 Å². The molecule has 1 amide bonds. The highest BCUT2D eigenvalue weighted by molar-refractivity contribution is 7.91. The summed E-state index contributed by atoms with van der Waals surface area (Å²) in [5.41, 5.74) is 0.676. The number of hydrogen-bond acceptors (Lipinski definition) is 5. The van der Waals surface area contributed by atoms with Crippen LogP contribution in [0.4, 0.5) is 5.69 Å². The molecule has 0 bridgehead atoms. The second-order valence-corrected chi connectivity index (χ2v) is 8.84. The molecule has 3 rings (SSSR count). The van der Waals surface area contributed by atoms with Crippen molar-refractivity contribution in [3.63, 3.8) is 0 Å². The van der Waals surface area contributed by atoms with Gasteiger partial charge in [-0.2, -0.15) is 0 Å². The molecule has 27 heavy (non-hydrogen) atoms. The summed E-state index contributed by atoms with van der Waals surface area (Å²) < 4.78 is 29.1. The normalized spacial score (nSPS) is 18.4. The third-order valence-corrected chi connectivity index (χ3v) is 6.35. The molecule has 6 nitrogen and oxygen atoms in total. The molecular weight excluding hydrogens is 364 g/mol. The van der Waals surface area contributed by atoms with Crippen LogP contribution in [-0.2, 0) is 14.6 Å². The molecule has 0 aromatic heterocycles. The Morgan fingerprint density at radius 1 is 1.11 bits per heavy atom. The summed E-state index contributed by atoms with van der Waals surface area (Å²) in [5.74, 6) is 1.63. The number of ether oxygens (including phenoxy) is 1. The number of rotatable bonds is 7. The number of carbonyl (C=O) groups is 1. The minimum absolute atomic E-state index is 0.0765. The summed E-state index contributed by atoms with van der Waals surface area (Å²) in [6.07, 6.45) is 0.592. The van der Waals surface area contributed by atoms with Gasteiger partial charge in [-0.3, -0.25) is 9.69 Å². The third kappa shape index (κ3) is 5.55. The van der Waals surface area contributed by atoms with Crippen molar-refractivity contribution in [1.82, 2.24) is 4.90 Å². The summed E-state index contributed by atoms with van der Waals surface area (Å²) in [4.78, 5) is 14.3. The van der Waals surface area contributed by atoms with Gasteiger partial charge in [-0.15, -0.1) is 0 Å². The van der Waals surface area contributed by atoms with E-state index in [0.29, 0.717) is 24.4 Å². The minimum Gasteiger partial charge on any atom is -0.457 e. The van der Waals surface area contributed by atoms with Gasteiger partial charge in [0.15, 0.2) is 9.84 Å². The molecule has 1 fully saturated rings. The molecule has 1 saturated heterocycles. The van der Waals surface area contributed by atoms with Crippen molar-refractivity contribution in [1.29, 1.82) is 0 Å². The zero-order chi connectivity index (χ0) is 19.3. The highest BCUT2D eigenvalue weighted by Crippen LogP contribution is 2.23. The predicted molar refractivity (Wildman–Crippen MR) is 106 cm³/mol. The van der Waals surface area contributed by atoms with Crippen LogP contribution in [0.25, 0.3) is 0 Å². The Morgan fingerprint density at radius 2 is 1.78 bits per heavy atom. The number of carbonyl (C=O) groups excluding carboxylic acids is 1. The van der Waals surface area contributed by atoms with Crippen molar-refractivity contribution in [3.05, 3.63) is 54.6 Å². The minimum atomic E-state index is -2.96. The highest BCUT2D eigenvalue weighted by Gasteiger charge is 2.32. The molecule has 1 aliphatic heterocycles. The first-order valence-corrected chi connectivity index (χ1v) is 10.8. The second kappa shape index (κ2) is 8.54. The molecule has 0 radical (unpaired) electrons. The third-order valence-electron chi connectivity index (χ3n) is 4.59. The van der Waals surface area contributed by atoms with Crippen LogP contribution in [0.3, 0.4) is 0 Å². The van der Waals surface area contributed by atoms with Crippen LogP contribution in [0.5, 0.6) is 11.5 Å². The maximum Gasteiger partial charge on any atom is 0.238 e. The Balaban J connectivity index is 1.54. The van der Waals surface area contributed by atoms with Crippen molar-refractivity contribution in [2.24, 2.45) is 0 Å². The fourth-order valence-corrected chi connectivity index (χ4v) is 4.94. The monoisotopic (exact) mass is 388 g/mol. The summed E-state index contributed by atoms with van der Waals surface area (Å²) in [6, 6.07) is 16.6. The van der Waals surface area contributed by atoms with Crippen LogP contribution >= 0.6 is 0 Å². The van der Waals surface area contributed by atoms with E-state index in [9.17, 15) is 13.2 Å². The first-order valence-electron chi connectivity index (χ1n) is 9.02. The average Bonchev–Trinajstić information content (AvgIpc) is 3.02. The van der Waals surface area contributed by atoms with Crippen LogP contribution in [0.1, 0.15) is 13.3 Å². The van der Waals surface area contributed by atoms with E-state index < -0.39 is 9.84 Å². The molecule has 1 aliphatic rings. The quantitative estimate of drug-likeness (QED) is 0.789. The maximum absolute atomic E-state index is 12.3.